The third kappa shape index (κ3) is 3.45. The number of hydrogen-bond donors (Lipinski definition) is 1. The molecule has 1 unspecified atom stereocenters. The van der Waals surface area contributed by atoms with Gasteiger partial charge in [0.05, 0.1) is 31.3 Å². The van der Waals surface area contributed by atoms with E-state index in [1.54, 1.807) is 0 Å². The first-order valence-corrected chi connectivity index (χ1v) is 6.87. The summed E-state index contributed by atoms with van der Waals surface area (Å²) in [5.41, 5.74) is -0.400. The van der Waals surface area contributed by atoms with Crippen molar-refractivity contribution in [1.29, 1.82) is 0 Å². The lowest BCUT2D eigenvalue weighted by atomic mass is 10.1. The lowest BCUT2D eigenvalue weighted by molar-refractivity contribution is -0.385. The molecule has 0 bridgehead atoms. The SMILES string of the molecule is COc1cc(C(=O)NCC2CCCO2)c([N+](=O)[O-])cc1OC. The molecule has 1 aromatic carbocycles. The highest BCUT2D eigenvalue weighted by molar-refractivity contribution is 5.99. The first kappa shape index (κ1) is 16.0. The molecule has 8 nitrogen and oxygen atoms in total. The Morgan fingerprint density at radius 2 is 2.09 bits per heavy atom. The number of amides is 1. The van der Waals surface area contributed by atoms with E-state index in [-0.39, 0.29) is 28.9 Å². The van der Waals surface area contributed by atoms with Gasteiger partial charge in [0, 0.05) is 19.2 Å². The topological polar surface area (TPSA) is 99.9 Å². The van der Waals surface area contributed by atoms with E-state index in [1.165, 1.54) is 26.4 Å². The minimum Gasteiger partial charge on any atom is -0.493 e. The van der Waals surface area contributed by atoms with Crippen molar-refractivity contribution in [2.45, 2.75) is 18.9 Å². The summed E-state index contributed by atoms with van der Waals surface area (Å²) in [4.78, 5) is 22.8. The molecule has 1 aliphatic rings. The second kappa shape index (κ2) is 7.08. The minimum atomic E-state index is -0.622. The molecule has 0 aromatic heterocycles. The van der Waals surface area contributed by atoms with Gasteiger partial charge in [-0.1, -0.05) is 0 Å². The number of nitro groups is 1. The van der Waals surface area contributed by atoms with Crippen molar-refractivity contribution in [3.63, 3.8) is 0 Å². The summed E-state index contributed by atoms with van der Waals surface area (Å²) in [6.45, 7) is 1.00. The van der Waals surface area contributed by atoms with E-state index in [1.807, 2.05) is 0 Å². The van der Waals surface area contributed by atoms with Crippen LogP contribution < -0.4 is 14.8 Å². The number of carbonyl (C=O) groups excluding carboxylic acids is 1. The van der Waals surface area contributed by atoms with Crippen LogP contribution in [0.25, 0.3) is 0 Å². The first-order chi connectivity index (χ1) is 10.6. The predicted octanol–water partition coefficient (Wildman–Crippen LogP) is 1.52. The molecule has 0 aliphatic carbocycles. The van der Waals surface area contributed by atoms with Gasteiger partial charge in [0.25, 0.3) is 11.6 Å². The zero-order valence-electron chi connectivity index (χ0n) is 12.5. The number of benzene rings is 1. The van der Waals surface area contributed by atoms with Crippen molar-refractivity contribution in [2.24, 2.45) is 0 Å². The summed E-state index contributed by atoms with van der Waals surface area (Å²) in [5.74, 6) is -0.0802. The molecule has 1 atom stereocenters. The Bertz CT molecular complexity index is 569. The molecule has 0 radical (unpaired) electrons. The van der Waals surface area contributed by atoms with E-state index >= 15 is 0 Å². The van der Waals surface area contributed by atoms with Gasteiger partial charge in [0.1, 0.15) is 5.56 Å². The summed E-state index contributed by atoms with van der Waals surface area (Å²) < 4.78 is 15.5. The molecular weight excluding hydrogens is 292 g/mol. The second-order valence-electron chi connectivity index (χ2n) is 4.83. The maximum atomic E-state index is 12.2. The zero-order chi connectivity index (χ0) is 16.1. The van der Waals surface area contributed by atoms with Crippen LogP contribution in [0.3, 0.4) is 0 Å². The Morgan fingerprint density at radius 3 is 2.64 bits per heavy atom. The van der Waals surface area contributed by atoms with Crippen molar-refractivity contribution in [2.75, 3.05) is 27.4 Å². The van der Waals surface area contributed by atoms with E-state index in [9.17, 15) is 14.9 Å². The molecule has 1 N–H and O–H groups in total. The Morgan fingerprint density at radius 1 is 1.41 bits per heavy atom. The molecule has 0 spiro atoms. The number of rotatable bonds is 6. The molecule has 8 heteroatoms. The highest BCUT2D eigenvalue weighted by atomic mass is 16.6. The maximum absolute atomic E-state index is 12.2. The monoisotopic (exact) mass is 310 g/mol. The van der Waals surface area contributed by atoms with Crippen LogP contribution in [-0.2, 0) is 4.74 Å². The van der Waals surface area contributed by atoms with Crippen LogP contribution in [0, 0.1) is 10.1 Å². The van der Waals surface area contributed by atoms with Crippen LogP contribution >= 0.6 is 0 Å². The van der Waals surface area contributed by atoms with Gasteiger partial charge in [-0.2, -0.15) is 0 Å². The summed E-state index contributed by atoms with van der Waals surface area (Å²) in [7, 11) is 2.77. The number of methoxy groups -OCH3 is 2. The van der Waals surface area contributed by atoms with Crippen molar-refractivity contribution in [3.05, 3.63) is 27.8 Å². The van der Waals surface area contributed by atoms with Gasteiger partial charge in [-0.15, -0.1) is 0 Å². The van der Waals surface area contributed by atoms with Crippen molar-refractivity contribution < 1.29 is 23.9 Å². The normalized spacial score (nSPS) is 17.1. The summed E-state index contributed by atoms with van der Waals surface area (Å²) in [6, 6.07) is 2.49. The number of carbonyl (C=O) groups is 1. The fraction of sp³-hybridized carbons (Fsp3) is 0.500. The Hall–Kier alpha value is -2.35. The highest BCUT2D eigenvalue weighted by Crippen LogP contribution is 2.34. The van der Waals surface area contributed by atoms with Crippen LogP contribution in [-0.4, -0.2) is 44.3 Å². The lowest BCUT2D eigenvalue weighted by Crippen LogP contribution is -2.32. The summed E-state index contributed by atoms with van der Waals surface area (Å²) in [5, 5.41) is 13.8. The lowest BCUT2D eigenvalue weighted by Gasteiger charge is -2.13. The zero-order valence-corrected chi connectivity index (χ0v) is 12.5. The average Bonchev–Trinajstić information content (AvgIpc) is 3.04. The minimum absolute atomic E-state index is 0.0387. The van der Waals surface area contributed by atoms with Crippen LogP contribution in [0.5, 0.6) is 11.5 Å². The van der Waals surface area contributed by atoms with Crippen molar-refractivity contribution in [1.82, 2.24) is 5.32 Å². The Kier molecular flexibility index (Phi) is 5.16. The van der Waals surface area contributed by atoms with Gasteiger partial charge in [-0.25, -0.2) is 0 Å². The van der Waals surface area contributed by atoms with E-state index in [0.717, 1.165) is 12.8 Å². The fourth-order valence-corrected chi connectivity index (χ4v) is 2.31. The molecule has 1 aromatic rings. The number of ether oxygens (including phenoxy) is 3. The molecule has 0 saturated carbocycles. The quantitative estimate of drug-likeness (QED) is 0.631. The molecule has 120 valence electrons. The van der Waals surface area contributed by atoms with Crippen molar-refractivity contribution in [3.8, 4) is 11.5 Å². The molecule has 1 aliphatic heterocycles. The number of nitrogens with one attached hydrogen (secondary N) is 1. The van der Waals surface area contributed by atoms with E-state index in [0.29, 0.717) is 13.2 Å². The summed E-state index contributed by atoms with van der Waals surface area (Å²) in [6.07, 6.45) is 1.79. The van der Waals surface area contributed by atoms with Crippen molar-refractivity contribution >= 4 is 11.6 Å². The van der Waals surface area contributed by atoms with Gasteiger partial charge in [0.15, 0.2) is 11.5 Å². The van der Waals surface area contributed by atoms with Crippen LogP contribution in [0.15, 0.2) is 12.1 Å². The highest BCUT2D eigenvalue weighted by Gasteiger charge is 2.25. The van der Waals surface area contributed by atoms with E-state index < -0.39 is 10.8 Å². The van der Waals surface area contributed by atoms with Gasteiger partial charge in [-0.3, -0.25) is 14.9 Å². The fourth-order valence-electron chi connectivity index (χ4n) is 2.31. The third-order valence-corrected chi connectivity index (χ3v) is 3.46. The molecule has 1 heterocycles. The van der Waals surface area contributed by atoms with E-state index in [2.05, 4.69) is 5.32 Å². The molecule has 2 rings (SSSR count). The number of nitrogens with zero attached hydrogens (tertiary/aromatic N) is 1. The standard InChI is InChI=1S/C14H18N2O6/c1-20-12-6-10(11(16(18)19)7-13(12)21-2)14(17)15-8-9-4-3-5-22-9/h6-7,9H,3-5,8H2,1-2H3,(H,15,17). The number of hydrogen-bond acceptors (Lipinski definition) is 6. The largest absolute Gasteiger partial charge is 0.493 e. The van der Waals surface area contributed by atoms with Gasteiger partial charge in [0.2, 0.25) is 0 Å². The smallest absolute Gasteiger partial charge is 0.286 e. The second-order valence-corrected chi connectivity index (χ2v) is 4.83. The van der Waals surface area contributed by atoms with Gasteiger partial charge < -0.3 is 19.5 Å². The van der Waals surface area contributed by atoms with Gasteiger partial charge >= 0.3 is 0 Å². The van der Waals surface area contributed by atoms with Crippen LogP contribution in [0.4, 0.5) is 5.69 Å². The Labute approximate surface area is 127 Å². The summed E-state index contributed by atoms with van der Waals surface area (Å²) >= 11 is 0. The van der Waals surface area contributed by atoms with Crippen LogP contribution in [0.1, 0.15) is 23.2 Å². The number of nitro benzene ring substituents is 1. The molecule has 22 heavy (non-hydrogen) atoms. The third-order valence-electron chi connectivity index (χ3n) is 3.46. The molecule has 1 amide bonds. The molecule has 1 saturated heterocycles. The van der Waals surface area contributed by atoms with Crippen LogP contribution in [0.2, 0.25) is 0 Å². The molecular formula is C14H18N2O6. The molecule has 1 fully saturated rings. The first-order valence-electron chi connectivity index (χ1n) is 6.87. The van der Waals surface area contributed by atoms with Gasteiger partial charge in [-0.05, 0) is 12.8 Å². The predicted molar refractivity (Wildman–Crippen MR) is 77.5 cm³/mol. The maximum Gasteiger partial charge on any atom is 0.286 e. The van der Waals surface area contributed by atoms with E-state index in [4.69, 9.17) is 14.2 Å². The Balaban J connectivity index is 2.22. The average molecular weight is 310 g/mol.